The number of aromatic nitrogens is 3. The highest BCUT2D eigenvalue weighted by atomic mass is 35.5. The maximum absolute atomic E-state index is 12.9. The van der Waals surface area contributed by atoms with Gasteiger partial charge in [0.2, 0.25) is 5.88 Å². The molecule has 0 bridgehead atoms. The quantitative estimate of drug-likeness (QED) is 0.487. The van der Waals surface area contributed by atoms with E-state index in [2.05, 4.69) is 10.1 Å². The van der Waals surface area contributed by atoms with E-state index in [1.165, 1.54) is 30.6 Å². The molecule has 0 spiro atoms. The lowest BCUT2D eigenvalue weighted by atomic mass is 10.2. The van der Waals surface area contributed by atoms with Crippen LogP contribution >= 0.6 is 23.2 Å². The second kappa shape index (κ2) is 6.89. The number of benzene rings is 1. The molecular weight excluding hydrogens is 383 g/mol. The van der Waals surface area contributed by atoms with Crippen LogP contribution in [-0.2, 0) is 0 Å². The molecule has 0 saturated heterocycles. The van der Waals surface area contributed by atoms with Crippen molar-refractivity contribution >= 4 is 45.7 Å². The number of pyridine rings is 1. The van der Waals surface area contributed by atoms with Crippen LogP contribution < -0.4 is 4.74 Å². The Kier molecular flexibility index (Phi) is 4.80. The topological polar surface area (TPSA) is 100 Å². The fraction of sp³-hybridized carbons (Fsp3) is 0.188. The number of ether oxygens (including phenoxy) is 1. The molecule has 0 fully saturated rings. The summed E-state index contributed by atoms with van der Waals surface area (Å²) in [7, 11) is 0. The molecule has 0 N–H and O–H groups in total. The van der Waals surface area contributed by atoms with E-state index in [1.54, 1.807) is 13.8 Å². The smallest absolute Gasteiger partial charge is 0.281 e. The normalized spacial score (nSPS) is 11.1. The van der Waals surface area contributed by atoms with E-state index in [1.807, 2.05) is 0 Å². The van der Waals surface area contributed by atoms with Gasteiger partial charge in [0.25, 0.3) is 11.6 Å². The molecule has 2 heterocycles. The Morgan fingerprint density at radius 3 is 2.50 bits per heavy atom. The van der Waals surface area contributed by atoms with Crippen molar-refractivity contribution in [2.75, 3.05) is 0 Å². The van der Waals surface area contributed by atoms with Gasteiger partial charge in [-0.15, -0.1) is 5.10 Å². The van der Waals surface area contributed by atoms with Crippen LogP contribution in [0.4, 0.5) is 5.69 Å². The van der Waals surface area contributed by atoms with Crippen molar-refractivity contribution in [3.05, 3.63) is 56.3 Å². The predicted octanol–water partition coefficient (Wildman–Crippen LogP) is 4.12. The number of nitro groups is 1. The van der Waals surface area contributed by atoms with Crippen LogP contribution in [0.5, 0.6) is 5.88 Å². The molecule has 0 aliphatic heterocycles. The van der Waals surface area contributed by atoms with Crippen LogP contribution in [0.3, 0.4) is 0 Å². The Morgan fingerprint density at radius 2 is 1.92 bits per heavy atom. The Labute approximate surface area is 157 Å². The number of hydrogen-bond acceptors (Lipinski definition) is 6. The average molecular weight is 395 g/mol. The summed E-state index contributed by atoms with van der Waals surface area (Å²) in [4.78, 5) is 27.3. The van der Waals surface area contributed by atoms with Crippen LogP contribution in [0.25, 0.3) is 10.9 Å². The molecule has 3 aromatic rings. The van der Waals surface area contributed by atoms with Gasteiger partial charge in [0.1, 0.15) is 0 Å². The van der Waals surface area contributed by atoms with E-state index in [0.717, 1.165) is 4.68 Å². The van der Waals surface area contributed by atoms with E-state index in [4.69, 9.17) is 27.9 Å². The third kappa shape index (κ3) is 3.21. The van der Waals surface area contributed by atoms with Crippen LogP contribution in [0.2, 0.25) is 10.0 Å². The predicted molar refractivity (Wildman–Crippen MR) is 96.1 cm³/mol. The van der Waals surface area contributed by atoms with Crippen LogP contribution in [-0.4, -0.2) is 31.7 Å². The van der Waals surface area contributed by atoms with Crippen molar-refractivity contribution in [2.24, 2.45) is 0 Å². The lowest BCUT2D eigenvalue weighted by Crippen LogP contribution is -2.15. The minimum absolute atomic E-state index is 0.0298. The number of carbonyl (C=O) groups excluding carboxylic acids is 1. The SMILES string of the molecule is CC(C)Oc1nn(C(=O)c2c(Cl)cncc2Cl)c2ccc([N+](=O)[O-])cc12. The first-order valence-corrected chi connectivity index (χ1v) is 8.22. The number of non-ortho nitro benzene ring substituents is 1. The fourth-order valence-corrected chi connectivity index (χ4v) is 2.91. The first-order valence-electron chi connectivity index (χ1n) is 7.47. The number of halogens is 2. The third-order valence-corrected chi connectivity index (χ3v) is 4.02. The number of fused-ring (bicyclic) bond motifs is 1. The summed E-state index contributed by atoms with van der Waals surface area (Å²) in [5, 5.41) is 15.7. The van der Waals surface area contributed by atoms with Gasteiger partial charge in [-0.05, 0) is 19.9 Å². The second-order valence-corrected chi connectivity index (χ2v) is 6.44. The number of nitrogens with zero attached hydrogens (tertiary/aromatic N) is 4. The van der Waals surface area contributed by atoms with Crippen molar-refractivity contribution in [1.29, 1.82) is 0 Å². The van der Waals surface area contributed by atoms with E-state index in [-0.39, 0.29) is 33.3 Å². The minimum atomic E-state index is -0.597. The average Bonchev–Trinajstić information content (AvgIpc) is 2.92. The van der Waals surface area contributed by atoms with Gasteiger partial charge in [0, 0.05) is 24.5 Å². The van der Waals surface area contributed by atoms with Gasteiger partial charge < -0.3 is 4.74 Å². The van der Waals surface area contributed by atoms with Crippen LogP contribution in [0.15, 0.2) is 30.6 Å². The zero-order chi connectivity index (χ0) is 19.0. The lowest BCUT2D eigenvalue weighted by Gasteiger charge is -2.06. The molecule has 10 heteroatoms. The highest BCUT2D eigenvalue weighted by Crippen LogP contribution is 2.31. The molecule has 0 radical (unpaired) electrons. The van der Waals surface area contributed by atoms with Gasteiger partial charge in [-0.3, -0.25) is 19.9 Å². The van der Waals surface area contributed by atoms with E-state index in [0.29, 0.717) is 10.9 Å². The molecule has 0 saturated carbocycles. The Bertz CT molecular complexity index is 1010. The molecule has 0 amide bonds. The van der Waals surface area contributed by atoms with E-state index in [9.17, 15) is 14.9 Å². The lowest BCUT2D eigenvalue weighted by molar-refractivity contribution is -0.384. The fourth-order valence-electron chi connectivity index (χ4n) is 2.38. The van der Waals surface area contributed by atoms with Crippen LogP contribution in [0, 0.1) is 10.1 Å². The molecule has 0 aliphatic rings. The Balaban J connectivity index is 2.23. The van der Waals surface area contributed by atoms with Crippen molar-refractivity contribution in [1.82, 2.24) is 14.8 Å². The summed E-state index contributed by atoms with van der Waals surface area (Å²) in [6.07, 6.45) is 2.34. The van der Waals surface area contributed by atoms with Gasteiger partial charge in [-0.2, -0.15) is 4.68 Å². The monoisotopic (exact) mass is 394 g/mol. The molecule has 3 rings (SSSR count). The first-order chi connectivity index (χ1) is 12.3. The number of carbonyl (C=O) groups is 1. The molecule has 0 aliphatic carbocycles. The van der Waals surface area contributed by atoms with Gasteiger partial charge in [-0.1, -0.05) is 23.2 Å². The summed E-state index contributed by atoms with van der Waals surface area (Å²) >= 11 is 12.1. The van der Waals surface area contributed by atoms with Crippen molar-refractivity contribution in [3.63, 3.8) is 0 Å². The van der Waals surface area contributed by atoms with E-state index < -0.39 is 10.8 Å². The molecule has 26 heavy (non-hydrogen) atoms. The Hall–Kier alpha value is -2.71. The summed E-state index contributed by atoms with van der Waals surface area (Å²) in [6, 6.07) is 4.01. The number of nitro benzene ring substituents is 1. The van der Waals surface area contributed by atoms with Crippen molar-refractivity contribution < 1.29 is 14.5 Å². The van der Waals surface area contributed by atoms with Gasteiger partial charge in [-0.25, -0.2) is 0 Å². The standard InChI is InChI=1S/C16H12Cl2N4O4/c1-8(2)26-15-10-5-9(22(24)25)3-4-13(10)21(20-15)16(23)14-11(17)6-19-7-12(14)18/h3-8H,1-2H3. The molecular formula is C16H12Cl2N4O4. The summed E-state index contributed by atoms with van der Waals surface area (Å²) in [5.74, 6) is -0.492. The summed E-state index contributed by atoms with van der Waals surface area (Å²) < 4.78 is 6.66. The minimum Gasteiger partial charge on any atom is -0.473 e. The van der Waals surface area contributed by atoms with Gasteiger partial charge in [0.05, 0.1) is 37.5 Å². The maximum atomic E-state index is 12.9. The van der Waals surface area contributed by atoms with E-state index >= 15 is 0 Å². The summed E-state index contributed by atoms with van der Waals surface area (Å²) in [6.45, 7) is 3.56. The van der Waals surface area contributed by atoms with Gasteiger partial charge >= 0.3 is 0 Å². The zero-order valence-electron chi connectivity index (χ0n) is 13.6. The molecule has 8 nitrogen and oxygen atoms in total. The Morgan fingerprint density at radius 1 is 1.27 bits per heavy atom. The van der Waals surface area contributed by atoms with Crippen molar-refractivity contribution in [3.8, 4) is 5.88 Å². The molecule has 134 valence electrons. The maximum Gasteiger partial charge on any atom is 0.281 e. The highest BCUT2D eigenvalue weighted by Gasteiger charge is 2.24. The van der Waals surface area contributed by atoms with Crippen LogP contribution in [0.1, 0.15) is 24.2 Å². The number of hydrogen-bond donors (Lipinski definition) is 0. The first kappa shape index (κ1) is 18.1. The van der Waals surface area contributed by atoms with Gasteiger partial charge in [0.15, 0.2) is 0 Å². The molecule has 0 atom stereocenters. The zero-order valence-corrected chi connectivity index (χ0v) is 15.2. The molecule has 0 unspecified atom stereocenters. The molecule has 2 aromatic heterocycles. The highest BCUT2D eigenvalue weighted by molar-refractivity contribution is 6.39. The summed E-state index contributed by atoms with van der Waals surface area (Å²) in [5.41, 5.74) is 0.223. The second-order valence-electron chi connectivity index (χ2n) is 5.63. The largest absolute Gasteiger partial charge is 0.473 e. The molecule has 1 aromatic carbocycles. The van der Waals surface area contributed by atoms with Crippen molar-refractivity contribution in [2.45, 2.75) is 20.0 Å². The third-order valence-electron chi connectivity index (χ3n) is 3.45. The number of rotatable bonds is 4.